The molecule has 0 aliphatic carbocycles. The van der Waals surface area contributed by atoms with Crippen molar-refractivity contribution < 1.29 is 14.4 Å². The van der Waals surface area contributed by atoms with Crippen molar-refractivity contribution in [3.8, 4) is 0 Å². The Bertz CT molecular complexity index is 846. The zero-order valence-electron chi connectivity index (χ0n) is 13.2. The third-order valence-electron chi connectivity index (χ3n) is 3.79. The number of rotatable bonds is 4. The molecule has 0 atom stereocenters. The molecular weight excluding hydrogens is 350 g/mol. The maximum Gasteiger partial charge on any atom is 0.325 e. The predicted molar refractivity (Wildman–Crippen MR) is 93.0 cm³/mol. The van der Waals surface area contributed by atoms with E-state index in [-0.39, 0.29) is 13.1 Å². The van der Waals surface area contributed by atoms with Crippen LogP contribution in [-0.2, 0) is 16.1 Å². The van der Waals surface area contributed by atoms with Crippen LogP contribution in [0.15, 0.2) is 24.3 Å². The molecule has 0 bridgehead atoms. The molecular formula is C16H16ClN3O3S. The molecule has 24 heavy (non-hydrogen) atoms. The van der Waals surface area contributed by atoms with Crippen LogP contribution in [0.3, 0.4) is 0 Å². The van der Waals surface area contributed by atoms with Crippen LogP contribution in [0.1, 0.15) is 18.7 Å². The number of hydrogen-bond acceptors (Lipinski definition) is 4. The molecule has 0 spiro atoms. The van der Waals surface area contributed by atoms with Gasteiger partial charge in [0.15, 0.2) is 0 Å². The SMILES string of the molecule is CC1(C)NC(=O)N(CC(=O)NCc2sc3ccccc3c2Cl)C1=O. The molecule has 1 aromatic carbocycles. The Kier molecular flexibility index (Phi) is 4.23. The summed E-state index contributed by atoms with van der Waals surface area (Å²) >= 11 is 7.83. The van der Waals surface area contributed by atoms with Crippen LogP contribution in [0, 0.1) is 0 Å². The van der Waals surface area contributed by atoms with E-state index < -0.39 is 23.4 Å². The van der Waals surface area contributed by atoms with Crippen LogP contribution in [-0.4, -0.2) is 34.8 Å². The van der Waals surface area contributed by atoms with Crippen LogP contribution in [0.25, 0.3) is 10.1 Å². The lowest BCUT2D eigenvalue weighted by Gasteiger charge is -2.15. The maximum atomic E-state index is 12.1. The van der Waals surface area contributed by atoms with E-state index in [0.717, 1.165) is 19.9 Å². The Balaban J connectivity index is 1.64. The Labute approximate surface area is 147 Å². The summed E-state index contributed by atoms with van der Waals surface area (Å²) in [5, 5.41) is 6.81. The number of nitrogens with zero attached hydrogens (tertiary/aromatic N) is 1. The molecule has 3 rings (SSSR count). The highest BCUT2D eigenvalue weighted by Crippen LogP contribution is 2.34. The average molecular weight is 366 g/mol. The van der Waals surface area contributed by atoms with Gasteiger partial charge in [-0.2, -0.15) is 0 Å². The number of benzene rings is 1. The van der Waals surface area contributed by atoms with Crippen molar-refractivity contribution in [3.63, 3.8) is 0 Å². The van der Waals surface area contributed by atoms with E-state index >= 15 is 0 Å². The third-order valence-corrected chi connectivity index (χ3v) is 5.51. The highest BCUT2D eigenvalue weighted by atomic mass is 35.5. The minimum absolute atomic E-state index is 0.254. The van der Waals surface area contributed by atoms with E-state index in [1.54, 1.807) is 13.8 Å². The van der Waals surface area contributed by atoms with Gasteiger partial charge in [-0.3, -0.25) is 14.5 Å². The maximum absolute atomic E-state index is 12.1. The van der Waals surface area contributed by atoms with Crippen molar-refractivity contribution in [2.75, 3.05) is 6.54 Å². The number of carbonyl (C=O) groups excluding carboxylic acids is 3. The van der Waals surface area contributed by atoms with Crippen LogP contribution < -0.4 is 10.6 Å². The zero-order valence-corrected chi connectivity index (χ0v) is 14.8. The van der Waals surface area contributed by atoms with E-state index in [4.69, 9.17) is 11.6 Å². The summed E-state index contributed by atoms with van der Waals surface area (Å²) < 4.78 is 1.04. The number of halogens is 1. The quantitative estimate of drug-likeness (QED) is 0.817. The van der Waals surface area contributed by atoms with Crippen molar-refractivity contribution in [1.29, 1.82) is 0 Å². The Morgan fingerprint density at radius 3 is 2.67 bits per heavy atom. The molecule has 1 fully saturated rings. The average Bonchev–Trinajstić information content (AvgIpc) is 2.95. The fourth-order valence-electron chi connectivity index (χ4n) is 2.52. The third kappa shape index (κ3) is 2.97. The van der Waals surface area contributed by atoms with E-state index in [1.807, 2.05) is 24.3 Å². The van der Waals surface area contributed by atoms with Gasteiger partial charge in [0.1, 0.15) is 12.1 Å². The monoisotopic (exact) mass is 365 g/mol. The number of amides is 4. The fourth-order valence-corrected chi connectivity index (χ4v) is 3.96. The van der Waals surface area contributed by atoms with Crippen molar-refractivity contribution in [3.05, 3.63) is 34.2 Å². The molecule has 126 valence electrons. The van der Waals surface area contributed by atoms with Gasteiger partial charge >= 0.3 is 6.03 Å². The summed E-state index contributed by atoms with van der Waals surface area (Å²) in [6, 6.07) is 7.17. The van der Waals surface area contributed by atoms with Gasteiger partial charge in [0, 0.05) is 15.0 Å². The molecule has 1 aliphatic rings. The Morgan fingerprint density at radius 2 is 2.04 bits per heavy atom. The standard InChI is InChI=1S/C16H16ClN3O3S/c1-16(2)14(22)20(15(23)19-16)8-12(21)18-7-11-13(17)9-5-3-4-6-10(9)24-11/h3-6H,7-8H2,1-2H3,(H,18,21)(H,19,23). The van der Waals surface area contributed by atoms with Crippen LogP contribution in [0.2, 0.25) is 5.02 Å². The van der Waals surface area contributed by atoms with Gasteiger partial charge in [-0.15, -0.1) is 11.3 Å². The first-order chi connectivity index (χ1) is 11.3. The molecule has 8 heteroatoms. The second-order valence-corrected chi connectivity index (χ2v) is 7.57. The van der Waals surface area contributed by atoms with E-state index in [1.165, 1.54) is 11.3 Å². The van der Waals surface area contributed by atoms with Gasteiger partial charge in [-0.25, -0.2) is 4.79 Å². The molecule has 2 heterocycles. The summed E-state index contributed by atoms with van der Waals surface area (Å²) in [6.07, 6.45) is 0. The summed E-state index contributed by atoms with van der Waals surface area (Å²) in [7, 11) is 0. The minimum Gasteiger partial charge on any atom is -0.350 e. The molecule has 6 nitrogen and oxygen atoms in total. The summed E-state index contributed by atoms with van der Waals surface area (Å²) in [6.45, 7) is 3.14. The molecule has 1 saturated heterocycles. The normalized spacial score (nSPS) is 16.5. The number of urea groups is 1. The van der Waals surface area contributed by atoms with Crippen LogP contribution >= 0.6 is 22.9 Å². The second kappa shape index (κ2) is 6.07. The van der Waals surface area contributed by atoms with Crippen molar-refractivity contribution in [1.82, 2.24) is 15.5 Å². The fraction of sp³-hybridized carbons (Fsp3) is 0.312. The lowest BCUT2D eigenvalue weighted by molar-refractivity contribution is -0.134. The van der Waals surface area contributed by atoms with Crippen molar-refractivity contribution >= 4 is 50.9 Å². The predicted octanol–water partition coefficient (Wildman–Crippen LogP) is 2.50. The topological polar surface area (TPSA) is 78.5 Å². The smallest absolute Gasteiger partial charge is 0.325 e. The number of fused-ring (bicyclic) bond motifs is 1. The van der Waals surface area contributed by atoms with Gasteiger partial charge in [0.25, 0.3) is 5.91 Å². The molecule has 0 unspecified atom stereocenters. The Morgan fingerprint density at radius 1 is 1.33 bits per heavy atom. The molecule has 1 aliphatic heterocycles. The summed E-state index contributed by atoms with van der Waals surface area (Å²) in [4.78, 5) is 37.7. The van der Waals surface area contributed by atoms with Crippen molar-refractivity contribution in [2.45, 2.75) is 25.9 Å². The molecule has 4 amide bonds. The van der Waals surface area contributed by atoms with Gasteiger partial charge in [-0.05, 0) is 19.9 Å². The first-order valence-electron chi connectivity index (χ1n) is 7.36. The van der Waals surface area contributed by atoms with Gasteiger partial charge in [0.05, 0.1) is 11.6 Å². The molecule has 1 aromatic heterocycles. The molecule has 0 saturated carbocycles. The van der Waals surface area contributed by atoms with E-state index in [2.05, 4.69) is 10.6 Å². The van der Waals surface area contributed by atoms with Crippen LogP contribution in [0.4, 0.5) is 4.79 Å². The number of imide groups is 1. The largest absolute Gasteiger partial charge is 0.350 e. The Hall–Kier alpha value is -2.12. The van der Waals surface area contributed by atoms with Crippen molar-refractivity contribution in [2.24, 2.45) is 0 Å². The second-order valence-electron chi connectivity index (χ2n) is 6.06. The minimum atomic E-state index is -0.980. The number of thiophene rings is 1. The molecule has 2 aromatic rings. The van der Waals surface area contributed by atoms with Gasteiger partial charge in [0.2, 0.25) is 5.91 Å². The zero-order chi connectivity index (χ0) is 17.5. The van der Waals surface area contributed by atoms with Gasteiger partial charge < -0.3 is 10.6 Å². The number of hydrogen-bond donors (Lipinski definition) is 2. The van der Waals surface area contributed by atoms with Gasteiger partial charge in [-0.1, -0.05) is 29.8 Å². The number of nitrogens with one attached hydrogen (secondary N) is 2. The molecule has 2 N–H and O–H groups in total. The highest BCUT2D eigenvalue weighted by Gasteiger charge is 2.44. The first kappa shape index (κ1) is 16.7. The summed E-state index contributed by atoms with van der Waals surface area (Å²) in [5.74, 6) is -0.827. The lowest BCUT2D eigenvalue weighted by Crippen LogP contribution is -2.43. The summed E-state index contributed by atoms with van der Waals surface area (Å²) in [5.41, 5.74) is -0.980. The molecule has 0 radical (unpaired) electrons. The lowest BCUT2D eigenvalue weighted by atomic mass is 10.1. The van der Waals surface area contributed by atoms with Crippen LogP contribution in [0.5, 0.6) is 0 Å². The van der Waals surface area contributed by atoms with E-state index in [0.29, 0.717) is 5.02 Å². The highest BCUT2D eigenvalue weighted by molar-refractivity contribution is 7.19. The first-order valence-corrected chi connectivity index (χ1v) is 8.56. The van der Waals surface area contributed by atoms with E-state index in [9.17, 15) is 14.4 Å². The number of carbonyl (C=O) groups is 3.